The molecule has 0 bridgehead atoms. The molecule has 0 radical (unpaired) electrons. The van der Waals surface area contributed by atoms with Crippen LogP contribution in [0.5, 0.6) is 0 Å². The number of halogens is 7. The summed E-state index contributed by atoms with van der Waals surface area (Å²) in [6.45, 7) is 2.33. The molecule has 0 atom stereocenters. The van der Waals surface area contributed by atoms with Gasteiger partial charge in [0.1, 0.15) is 0 Å². The van der Waals surface area contributed by atoms with Crippen LogP contribution in [0.4, 0.5) is 42.1 Å². The number of benzene rings is 3. The molecule has 0 unspecified atom stereocenters. The molecule has 196 valence electrons. The van der Waals surface area contributed by atoms with Crippen LogP contribution in [0.15, 0.2) is 66.7 Å². The number of hydrazine groups is 1. The maximum Gasteiger partial charge on any atom is 0.435 e. The number of alkyl halides is 7. The third-order valence-electron chi connectivity index (χ3n) is 5.43. The van der Waals surface area contributed by atoms with Crippen molar-refractivity contribution in [2.45, 2.75) is 31.9 Å². The van der Waals surface area contributed by atoms with Crippen molar-refractivity contribution in [3.8, 4) is 0 Å². The molecule has 0 aromatic heterocycles. The highest BCUT2D eigenvalue weighted by Gasteiger charge is 2.73. The highest BCUT2D eigenvalue weighted by molar-refractivity contribution is 6.05. The van der Waals surface area contributed by atoms with Gasteiger partial charge in [0.15, 0.2) is 0 Å². The Bertz CT molecular complexity index is 1270. The van der Waals surface area contributed by atoms with Gasteiger partial charge in [-0.15, -0.1) is 0 Å². The first kappa shape index (κ1) is 27.5. The van der Waals surface area contributed by atoms with E-state index in [0.29, 0.717) is 23.4 Å². The number of carbonyl (C=O) groups excluding carboxylic acids is 2. The zero-order valence-electron chi connectivity index (χ0n) is 19.3. The van der Waals surface area contributed by atoms with Gasteiger partial charge in [-0.3, -0.25) is 20.4 Å². The Kier molecular flexibility index (Phi) is 7.51. The van der Waals surface area contributed by atoms with Gasteiger partial charge >= 0.3 is 18.0 Å². The van der Waals surface area contributed by atoms with Gasteiger partial charge in [-0.25, -0.2) is 4.39 Å². The summed E-state index contributed by atoms with van der Waals surface area (Å²) in [6.07, 6.45) is -12.5. The summed E-state index contributed by atoms with van der Waals surface area (Å²) in [6, 6.07) is 15.0. The number of hydrogen-bond acceptors (Lipinski definition) is 3. The SMILES string of the molecule is Cc1cc(C(F)(C(F)(F)F)C(F)(F)F)cc(C)c1NNC(=O)c1cccc(NC(=O)c2ccccc2)c1. The van der Waals surface area contributed by atoms with E-state index in [0.717, 1.165) is 13.8 Å². The minimum absolute atomic E-state index is 0.0164. The predicted molar refractivity (Wildman–Crippen MR) is 123 cm³/mol. The Balaban J connectivity index is 1.77. The molecule has 0 aliphatic heterocycles. The zero-order valence-corrected chi connectivity index (χ0v) is 19.3. The van der Waals surface area contributed by atoms with Crippen molar-refractivity contribution < 1.29 is 40.3 Å². The van der Waals surface area contributed by atoms with Crippen molar-refractivity contribution in [3.63, 3.8) is 0 Å². The van der Waals surface area contributed by atoms with Crippen LogP contribution >= 0.6 is 0 Å². The molecule has 0 saturated heterocycles. The van der Waals surface area contributed by atoms with Crippen molar-refractivity contribution in [2.24, 2.45) is 0 Å². The Labute approximate surface area is 206 Å². The highest BCUT2D eigenvalue weighted by Crippen LogP contribution is 2.53. The molecule has 3 N–H and O–H groups in total. The zero-order chi connectivity index (χ0) is 27.6. The van der Waals surface area contributed by atoms with Gasteiger partial charge in [-0.1, -0.05) is 36.4 Å². The van der Waals surface area contributed by atoms with E-state index in [1.807, 2.05) is 0 Å². The number of carbonyl (C=O) groups is 2. The fourth-order valence-electron chi connectivity index (χ4n) is 3.57. The number of hydrogen-bond donors (Lipinski definition) is 3. The molecule has 0 aliphatic rings. The van der Waals surface area contributed by atoms with Crippen molar-refractivity contribution in [1.29, 1.82) is 0 Å². The normalized spacial score (nSPS) is 12.1. The molecule has 37 heavy (non-hydrogen) atoms. The quantitative estimate of drug-likeness (QED) is 0.250. The summed E-state index contributed by atoms with van der Waals surface area (Å²) in [5, 5.41) is 2.63. The fourth-order valence-corrected chi connectivity index (χ4v) is 3.57. The second kappa shape index (κ2) is 10.1. The van der Waals surface area contributed by atoms with E-state index in [2.05, 4.69) is 16.2 Å². The van der Waals surface area contributed by atoms with Gasteiger partial charge in [0.25, 0.3) is 11.8 Å². The van der Waals surface area contributed by atoms with Crippen LogP contribution in [0.2, 0.25) is 0 Å². The third-order valence-corrected chi connectivity index (χ3v) is 5.43. The first-order valence-corrected chi connectivity index (χ1v) is 10.6. The minimum Gasteiger partial charge on any atom is -0.322 e. The van der Waals surface area contributed by atoms with Crippen LogP contribution in [0.3, 0.4) is 0 Å². The number of rotatable bonds is 6. The van der Waals surface area contributed by atoms with Crippen LogP contribution < -0.4 is 16.2 Å². The van der Waals surface area contributed by atoms with Gasteiger partial charge in [-0.05, 0) is 55.3 Å². The lowest BCUT2D eigenvalue weighted by Crippen LogP contribution is -2.50. The van der Waals surface area contributed by atoms with E-state index in [1.165, 1.54) is 18.2 Å². The number of nitrogens with one attached hydrogen (secondary N) is 3. The van der Waals surface area contributed by atoms with Crippen LogP contribution in [0.1, 0.15) is 37.4 Å². The van der Waals surface area contributed by atoms with E-state index in [9.17, 15) is 40.3 Å². The molecule has 0 aliphatic carbocycles. The van der Waals surface area contributed by atoms with Crippen LogP contribution in [0.25, 0.3) is 0 Å². The third kappa shape index (κ3) is 5.68. The van der Waals surface area contributed by atoms with E-state index in [4.69, 9.17) is 0 Å². The topological polar surface area (TPSA) is 70.2 Å². The summed E-state index contributed by atoms with van der Waals surface area (Å²) in [5.74, 6) is -1.13. The lowest BCUT2D eigenvalue weighted by molar-refractivity contribution is -0.348. The molecule has 3 rings (SSSR count). The molecule has 5 nitrogen and oxygen atoms in total. The first-order chi connectivity index (χ1) is 17.1. The summed E-state index contributed by atoms with van der Waals surface area (Å²) in [4.78, 5) is 24.9. The Hall–Kier alpha value is -4.09. The molecular weight excluding hydrogens is 507 g/mol. The lowest BCUT2D eigenvalue weighted by atomic mass is 9.90. The molecule has 3 aromatic carbocycles. The summed E-state index contributed by atoms with van der Waals surface area (Å²) in [7, 11) is 0. The standard InChI is InChI=1S/C25H20F7N3O2/c1-14-11-18(23(26,24(27,28)29)25(30,31)32)12-15(2)20(14)34-35-22(37)17-9-6-10-19(13-17)33-21(36)16-7-4-3-5-8-16/h3-13,34H,1-2H3,(H,33,36)(H,35,37). The van der Waals surface area contributed by atoms with E-state index in [1.54, 1.807) is 36.4 Å². The van der Waals surface area contributed by atoms with Crippen LogP contribution in [0, 0.1) is 13.8 Å². The molecule has 12 heteroatoms. The van der Waals surface area contributed by atoms with Crippen molar-refractivity contribution in [2.75, 3.05) is 10.7 Å². The highest BCUT2D eigenvalue weighted by atomic mass is 19.4. The second-order valence-corrected chi connectivity index (χ2v) is 8.12. The summed E-state index contributed by atoms with van der Waals surface area (Å²) in [5.41, 5.74) is -2.03. The molecule has 3 aromatic rings. The van der Waals surface area contributed by atoms with Gasteiger partial charge < -0.3 is 5.32 Å². The van der Waals surface area contributed by atoms with E-state index >= 15 is 0 Å². The van der Waals surface area contributed by atoms with Crippen molar-refractivity contribution in [1.82, 2.24) is 5.43 Å². The fraction of sp³-hybridized carbons (Fsp3) is 0.200. The monoisotopic (exact) mass is 527 g/mol. The maximum atomic E-state index is 14.4. The number of aryl methyl sites for hydroxylation is 2. The molecule has 0 spiro atoms. The van der Waals surface area contributed by atoms with Gasteiger partial charge in [-0.2, -0.15) is 26.3 Å². The molecular formula is C25H20F7N3O2. The maximum absolute atomic E-state index is 14.4. The number of amides is 2. The summed E-state index contributed by atoms with van der Waals surface area (Å²) >= 11 is 0. The lowest BCUT2D eigenvalue weighted by Gasteiger charge is -2.31. The Morgan fingerprint density at radius 1 is 0.676 bits per heavy atom. The Morgan fingerprint density at radius 3 is 1.76 bits per heavy atom. The van der Waals surface area contributed by atoms with Gasteiger partial charge in [0, 0.05) is 22.4 Å². The molecule has 2 amide bonds. The second-order valence-electron chi connectivity index (χ2n) is 8.12. The number of anilines is 2. The smallest absolute Gasteiger partial charge is 0.322 e. The first-order valence-electron chi connectivity index (χ1n) is 10.6. The predicted octanol–water partition coefficient (Wildman–Crippen LogP) is 6.60. The molecule has 0 fully saturated rings. The minimum atomic E-state index is -6.24. The van der Waals surface area contributed by atoms with Crippen molar-refractivity contribution in [3.05, 3.63) is 94.5 Å². The van der Waals surface area contributed by atoms with E-state index < -0.39 is 35.4 Å². The van der Waals surface area contributed by atoms with Crippen LogP contribution in [-0.4, -0.2) is 24.2 Å². The van der Waals surface area contributed by atoms with Crippen LogP contribution in [-0.2, 0) is 5.67 Å². The van der Waals surface area contributed by atoms with Gasteiger partial charge in [0.2, 0.25) is 0 Å². The molecule has 0 saturated carbocycles. The molecule has 0 heterocycles. The average Bonchev–Trinajstić information content (AvgIpc) is 2.82. The van der Waals surface area contributed by atoms with Gasteiger partial charge in [0.05, 0.1) is 5.69 Å². The summed E-state index contributed by atoms with van der Waals surface area (Å²) < 4.78 is 93.1. The largest absolute Gasteiger partial charge is 0.435 e. The van der Waals surface area contributed by atoms with E-state index in [-0.39, 0.29) is 22.4 Å². The van der Waals surface area contributed by atoms with Crippen molar-refractivity contribution >= 4 is 23.2 Å². The Morgan fingerprint density at radius 2 is 1.22 bits per heavy atom. The average molecular weight is 527 g/mol.